The fourth-order valence-electron chi connectivity index (χ4n) is 8.99. The third-order valence-corrected chi connectivity index (χ3v) is 11.8. The number of fused-ring (bicyclic) bond motifs is 2. The number of amides is 4. The van der Waals surface area contributed by atoms with E-state index in [1.165, 1.54) is 0 Å². The van der Waals surface area contributed by atoms with Crippen LogP contribution >= 0.6 is 0 Å². The van der Waals surface area contributed by atoms with Gasteiger partial charge in [0.15, 0.2) is 0 Å². The molecule has 0 aliphatic carbocycles. The van der Waals surface area contributed by atoms with Crippen LogP contribution < -0.4 is 31.6 Å². The molecular weight excluding hydrogens is 811 g/mol. The number of nitrogens with two attached hydrogens (primary N) is 2. The highest BCUT2D eigenvalue weighted by Crippen LogP contribution is 2.36. The van der Waals surface area contributed by atoms with Crippen molar-refractivity contribution in [3.05, 3.63) is 82.5 Å². The number of morpholine rings is 1. The molecule has 2 atom stereocenters. The molecule has 3 aliphatic heterocycles. The molecule has 2 saturated heterocycles. The van der Waals surface area contributed by atoms with Crippen molar-refractivity contribution in [2.75, 3.05) is 37.1 Å². The number of aromatic nitrogens is 8. The van der Waals surface area contributed by atoms with Gasteiger partial charge < -0.3 is 34.8 Å². The van der Waals surface area contributed by atoms with Gasteiger partial charge in [-0.05, 0) is 76.9 Å². The molecule has 2 fully saturated rings. The van der Waals surface area contributed by atoms with Crippen LogP contribution in [-0.4, -0.2) is 112 Å². The summed E-state index contributed by atoms with van der Waals surface area (Å²) in [5.74, 6) is -1.13. The molecule has 0 saturated carbocycles. The first-order chi connectivity index (χ1) is 30.4. The molecule has 63 heavy (non-hydrogen) atoms. The Morgan fingerprint density at radius 3 is 1.51 bits per heavy atom. The normalized spacial score (nSPS) is 18.7. The van der Waals surface area contributed by atoms with Gasteiger partial charge in [0.1, 0.15) is 47.1 Å². The minimum Gasteiger partial charge on any atom is -0.490 e. The van der Waals surface area contributed by atoms with E-state index >= 15 is 0 Å². The number of primary amides is 2. The summed E-state index contributed by atoms with van der Waals surface area (Å²) in [6, 6.07) is 9.58. The molecule has 9 rings (SSSR count). The lowest BCUT2D eigenvalue weighted by atomic mass is 10.1. The summed E-state index contributed by atoms with van der Waals surface area (Å²) in [6.07, 6.45) is 5.60. The Bertz CT molecular complexity index is 2640. The lowest BCUT2D eigenvalue weighted by Gasteiger charge is -2.40. The number of aryl methyl sites for hydroxylation is 4. The summed E-state index contributed by atoms with van der Waals surface area (Å²) >= 11 is 0. The summed E-state index contributed by atoms with van der Waals surface area (Å²) in [5.41, 5.74) is 16.0. The van der Waals surface area contributed by atoms with Crippen molar-refractivity contribution in [3.63, 3.8) is 0 Å². The molecule has 2 bridgehead atoms. The van der Waals surface area contributed by atoms with E-state index in [4.69, 9.17) is 35.6 Å². The quantitative estimate of drug-likeness (QED) is 0.153. The van der Waals surface area contributed by atoms with Crippen molar-refractivity contribution < 1.29 is 33.4 Å². The average molecular weight is 860 g/mol. The van der Waals surface area contributed by atoms with Crippen molar-refractivity contribution in [2.24, 2.45) is 11.5 Å². The molecule has 4 amide bonds. The Hall–Kier alpha value is -7.06. The van der Waals surface area contributed by atoms with Gasteiger partial charge in [0.25, 0.3) is 11.8 Å². The highest BCUT2D eigenvalue weighted by atomic mass is 16.5. The summed E-state index contributed by atoms with van der Waals surface area (Å²) in [7, 11) is 0. The van der Waals surface area contributed by atoms with Crippen LogP contribution in [0.3, 0.4) is 0 Å². The van der Waals surface area contributed by atoms with Gasteiger partial charge in [-0.25, -0.2) is 9.97 Å². The second-order valence-corrected chi connectivity index (χ2v) is 16.0. The fraction of sp³-hybridized carbons (Fsp3) is 0.395. The maximum Gasteiger partial charge on any atom is 0.276 e. The minimum absolute atomic E-state index is 0.0984. The van der Waals surface area contributed by atoms with E-state index in [2.05, 4.69) is 25.7 Å². The topological polar surface area (TPSA) is 247 Å². The van der Waals surface area contributed by atoms with E-state index in [0.29, 0.717) is 82.6 Å². The average Bonchev–Trinajstić information content (AvgIpc) is 4.06. The van der Waals surface area contributed by atoms with Gasteiger partial charge >= 0.3 is 0 Å². The van der Waals surface area contributed by atoms with E-state index in [-0.39, 0.29) is 67.5 Å². The van der Waals surface area contributed by atoms with Crippen molar-refractivity contribution >= 4 is 57.6 Å². The lowest BCUT2D eigenvalue weighted by molar-refractivity contribution is -0.0534. The molecule has 0 spiro atoms. The standard InChI is InChI=1S/C43H49N13O7/c1-5-54-32(13-23(3)50-54)40(59)48-42-46-30-15-25(38(44)57)17-34-36(30)52(42)11-7-8-12-53-37-31(47-43(53)49-41(60)33-14-24(4)51-55(33)6-2)16-26(39(45)58)18-35(37)63-22-29(21-62-34)56-27-9-10-28(56)20-61-19-27/h7-8,13-18,27-29H,5-6,9-12,19-22H2,1-4H3,(H2,44,57)(H2,45,58)(H,46,48,59)(H,47,49,60)/b8-7+. The van der Waals surface area contributed by atoms with Crippen LogP contribution in [-0.2, 0) is 30.9 Å². The molecule has 4 aromatic heterocycles. The number of nitrogens with one attached hydrogen (secondary N) is 2. The maximum atomic E-state index is 13.9. The van der Waals surface area contributed by atoms with Crippen LogP contribution in [0, 0.1) is 13.8 Å². The van der Waals surface area contributed by atoms with E-state index < -0.39 is 23.6 Å². The van der Waals surface area contributed by atoms with Gasteiger partial charge in [-0.15, -0.1) is 0 Å². The third-order valence-electron chi connectivity index (χ3n) is 11.8. The number of carbonyl (C=O) groups excluding carboxylic acids is 4. The van der Waals surface area contributed by atoms with Crippen LogP contribution in [0.4, 0.5) is 11.9 Å². The van der Waals surface area contributed by atoms with E-state index in [9.17, 15) is 19.2 Å². The zero-order valence-electron chi connectivity index (χ0n) is 35.5. The van der Waals surface area contributed by atoms with Gasteiger partial charge in [0.05, 0.1) is 41.7 Å². The number of allylic oxidation sites excluding steroid dienone is 2. The number of imidazole rings is 2. The SMILES string of the molecule is CCn1nc(C)cc1C(=O)Nc1nc2cc(C(N)=O)cc3c2n1C/C=C/Cn1c(NC(=O)c2cc(C)nn2CC)nc2cc(C(N)=O)cc(c21)OCC(N1C2CCC1COC2)CO3. The molecule has 6 aromatic rings. The number of nitrogens with zero attached hydrogens (tertiary/aromatic N) is 9. The van der Waals surface area contributed by atoms with Crippen LogP contribution in [0.1, 0.15) is 79.8 Å². The molecule has 7 heterocycles. The van der Waals surface area contributed by atoms with Crippen molar-refractivity contribution in [2.45, 2.75) is 84.8 Å². The van der Waals surface area contributed by atoms with Crippen LogP contribution in [0.2, 0.25) is 0 Å². The van der Waals surface area contributed by atoms with Gasteiger partial charge in [-0.3, -0.25) is 44.1 Å². The number of hydrogen-bond acceptors (Lipinski definition) is 12. The summed E-state index contributed by atoms with van der Waals surface area (Å²) in [4.78, 5) is 65.3. The Balaban J connectivity index is 1.19. The molecule has 2 unspecified atom stereocenters. The Morgan fingerprint density at radius 1 is 0.651 bits per heavy atom. The van der Waals surface area contributed by atoms with Gasteiger partial charge in [0.2, 0.25) is 23.7 Å². The van der Waals surface area contributed by atoms with Crippen molar-refractivity contribution in [1.82, 2.24) is 43.6 Å². The first-order valence-electron chi connectivity index (χ1n) is 21.1. The number of anilines is 2. The number of benzene rings is 2. The highest BCUT2D eigenvalue weighted by molar-refractivity contribution is 6.05. The van der Waals surface area contributed by atoms with Gasteiger partial charge in [-0.1, -0.05) is 12.2 Å². The molecule has 20 heteroatoms. The first kappa shape index (κ1) is 41.3. The maximum absolute atomic E-state index is 13.9. The molecule has 6 N–H and O–H groups in total. The lowest BCUT2D eigenvalue weighted by Crippen LogP contribution is -2.55. The van der Waals surface area contributed by atoms with Crippen LogP contribution in [0.25, 0.3) is 22.1 Å². The van der Waals surface area contributed by atoms with Crippen molar-refractivity contribution in [1.29, 1.82) is 0 Å². The van der Waals surface area contributed by atoms with Crippen molar-refractivity contribution in [3.8, 4) is 11.5 Å². The zero-order chi connectivity index (χ0) is 44.1. The molecule has 0 radical (unpaired) electrons. The van der Waals surface area contributed by atoms with Crippen LogP contribution in [0.5, 0.6) is 11.5 Å². The minimum atomic E-state index is -0.674. The molecule has 328 valence electrons. The Kier molecular flexibility index (Phi) is 10.9. The fourth-order valence-corrected chi connectivity index (χ4v) is 8.99. The second-order valence-electron chi connectivity index (χ2n) is 16.0. The second kappa shape index (κ2) is 16.7. The number of ether oxygens (including phenoxy) is 3. The van der Waals surface area contributed by atoms with Crippen LogP contribution in [0.15, 0.2) is 48.6 Å². The Morgan fingerprint density at radius 2 is 1.10 bits per heavy atom. The third kappa shape index (κ3) is 7.75. The van der Waals surface area contributed by atoms with E-state index in [0.717, 1.165) is 12.8 Å². The molecule has 2 aromatic carbocycles. The predicted octanol–water partition coefficient (Wildman–Crippen LogP) is 3.40. The first-order valence-corrected chi connectivity index (χ1v) is 21.1. The van der Waals surface area contributed by atoms with E-state index in [1.807, 2.05) is 39.8 Å². The number of hydrogen-bond donors (Lipinski definition) is 4. The zero-order valence-corrected chi connectivity index (χ0v) is 35.5. The van der Waals surface area contributed by atoms with Gasteiger partial charge in [-0.2, -0.15) is 10.2 Å². The Labute approximate surface area is 361 Å². The molecule has 20 nitrogen and oxygen atoms in total. The highest BCUT2D eigenvalue weighted by Gasteiger charge is 2.42. The summed E-state index contributed by atoms with van der Waals surface area (Å²) in [5, 5.41) is 14.9. The van der Waals surface area contributed by atoms with Gasteiger partial charge in [0, 0.05) is 49.4 Å². The summed E-state index contributed by atoms with van der Waals surface area (Å²) in [6.45, 7) is 10.0. The summed E-state index contributed by atoms with van der Waals surface area (Å²) < 4.78 is 26.3. The molecule has 3 aliphatic rings. The number of rotatable bonds is 9. The monoisotopic (exact) mass is 859 g/mol. The predicted molar refractivity (Wildman–Crippen MR) is 231 cm³/mol. The molecular formula is C43H49N13O7. The number of carbonyl (C=O) groups is 4. The smallest absolute Gasteiger partial charge is 0.276 e. The van der Waals surface area contributed by atoms with E-state index in [1.54, 1.807) is 54.9 Å². The largest absolute Gasteiger partial charge is 0.490 e.